The highest BCUT2D eigenvalue weighted by molar-refractivity contribution is 7.16. The van der Waals surface area contributed by atoms with Gasteiger partial charge in [0.1, 0.15) is 11.1 Å². The largest absolute Gasteiger partial charge is 0.317 e. The van der Waals surface area contributed by atoms with E-state index in [1.807, 2.05) is 25.1 Å². The molecule has 0 saturated carbocycles. The van der Waals surface area contributed by atoms with Crippen LogP contribution < -0.4 is 10.6 Å². The van der Waals surface area contributed by atoms with E-state index in [0.29, 0.717) is 28.4 Å². The molecule has 1 aromatic carbocycles. The Kier molecular flexibility index (Phi) is 5.20. The number of carbonyl (C=O) groups excluding carboxylic acids is 1. The van der Waals surface area contributed by atoms with Gasteiger partial charge in [-0.05, 0) is 43.5 Å². The number of hydrogen-bond donors (Lipinski definition) is 2. The van der Waals surface area contributed by atoms with Gasteiger partial charge in [0.25, 0.3) is 0 Å². The van der Waals surface area contributed by atoms with Crippen molar-refractivity contribution in [2.75, 3.05) is 11.9 Å². The Hall–Kier alpha value is -1.87. The molecule has 0 fully saturated rings. The number of amides is 1. The molecule has 124 valence electrons. The molecule has 1 aromatic heterocycles. The minimum atomic E-state index is -0.0874. The maximum Gasteiger partial charge on any atom is 0.225 e. The molecule has 0 spiro atoms. The monoisotopic (exact) mass is 359 g/mol. The van der Waals surface area contributed by atoms with Gasteiger partial charge in [-0.15, -0.1) is 11.3 Å². The lowest BCUT2D eigenvalue weighted by atomic mass is 10.0. The Morgan fingerprint density at radius 1 is 1.50 bits per heavy atom. The average Bonchev–Trinajstić information content (AvgIpc) is 2.92. The van der Waals surface area contributed by atoms with Crippen molar-refractivity contribution in [2.24, 2.45) is 0 Å². The van der Waals surface area contributed by atoms with Crippen molar-refractivity contribution >= 4 is 33.8 Å². The summed E-state index contributed by atoms with van der Waals surface area (Å²) >= 11 is 7.68. The maximum absolute atomic E-state index is 12.3. The van der Waals surface area contributed by atoms with Gasteiger partial charge >= 0.3 is 0 Å². The lowest BCUT2D eigenvalue weighted by Gasteiger charge is -2.11. The van der Waals surface area contributed by atoms with E-state index in [1.165, 1.54) is 11.3 Å². The molecule has 1 aliphatic rings. The fourth-order valence-corrected chi connectivity index (χ4v) is 4.27. The predicted octanol–water partition coefficient (Wildman–Crippen LogP) is 3.80. The van der Waals surface area contributed by atoms with Gasteiger partial charge in [-0.25, -0.2) is 0 Å². The molecule has 2 N–H and O–H groups in total. The van der Waals surface area contributed by atoms with E-state index in [0.717, 1.165) is 41.1 Å². The number of halogens is 1. The fraction of sp³-hybridized carbons (Fsp3) is 0.333. The van der Waals surface area contributed by atoms with Crippen LogP contribution in [0.15, 0.2) is 18.2 Å². The van der Waals surface area contributed by atoms with Crippen LogP contribution in [0.5, 0.6) is 0 Å². The Morgan fingerprint density at radius 2 is 2.33 bits per heavy atom. The number of thiophene rings is 1. The van der Waals surface area contributed by atoms with Gasteiger partial charge in [-0.3, -0.25) is 4.79 Å². The minimum absolute atomic E-state index is 0.0874. The zero-order valence-corrected chi connectivity index (χ0v) is 15.0. The van der Waals surface area contributed by atoms with E-state index in [2.05, 4.69) is 16.7 Å². The van der Waals surface area contributed by atoms with Crippen molar-refractivity contribution in [3.63, 3.8) is 0 Å². The molecule has 2 aromatic rings. The Morgan fingerprint density at radius 3 is 3.12 bits per heavy atom. The first-order valence-corrected chi connectivity index (χ1v) is 9.08. The van der Waals surface area contributed by atoms with Gasteiger partial charge in [0.2, 0.25) is 5.91 Å². The Bertz CT molecular complexity index is 822. The minimum Gasteiger partial charge on any atom is -0.317 e. The number of aryl methyl sites for hydroxylation is 2. The van der Waals surface area contributed by atoms with E-state index in [1.54, 1.807) is 0 Å². The van der Waals surface area contributed by atoms with Gasteiger partial charge < -0.3 is 10.6 Å². The van der Waals surface area contributed by atoms with Gasteiger partial charge in [0.15, 0.2) is 0 Å². The number of benzene rings is 1. The maximum atomic E-state index is 12.3. The summed E-state index contributed by atoms with van der Waals surface area (Å²) in [4.78, 5) is 13.4. The zero-order valence-electron chi connectivity index (χ0n) is 13.4. The molecule has 3 rings (SSSR count). The summed E-state index contributed by atoms with van der Waals surface area (Å²) in [6.07, 6.45) is 1.76. The third kappa shape index (κ3) is 3.62. The predicted molar refractivity (Wildman–Crippen MR) is 97.6 cm³/mol. The van der Waals surface area contributed by atoms with Gasteiger partial charge in [0, 0.05) is 22.9 Å². The Labute approximate surface area is 150 Å². The molecule has 4 nitrogen and oxygen atoms in total. The normalized spacial score (nSPS) is 13.2. The average molecular weight is 360 g/mol. The van der Waals surface area contributed by atoms with E-state index in [4.69, 9.17) is 11.6 Å². The van der Waals surface area contributed by atoms with Crippen LogP contribution in [-0.2, 0) is 24.2 Å². The third-order valence-electron chi connectivity index (χ3n) is 4.12. The van der Waals surface area contributed by atoms with Crippen LogP contribution >= 0.6 is 22.9 Å². The quantitative estimate of drug-likeness (QED) is 0.872. The molecule has 0 radical (unpaired) electrons. The molecular formula is C18H18ClN3OS. The molecule has 0 aliphatic carbocycles. The molecule has 0 atom stereocenters. The number of fused-ring (bicyclic) bond motifs is 1. The molecule has 0 saturated heterocycles. The van der Waals surface area contributed by atoms with Crippen molar-refractivity contribution < 1.29 is 4.79 Å². The van der Waals surface area contributed by atoms with E-state index < -0.39 is 0 Å². The summed E-state index contributed by atoms with van der Waals surface area (Å²) in [5.41, 5.74) is 3.80. The molecule has 0 unspecified atom stereocenters. The third-order valence-corrected chi connectivity index (χ3v) is 5.63. The van der Waals surface area contributed by atoms with Crippen LogP contribution in [0.2, 0.25) is 5.02 Å². The summed E-state index contributed by atoms with van der Waals surface area (Å²) < 4.78 is 0. The Balaban J connectivity index is 1.68. The SMILES string of the molecule is Cc1ccc(Cl)c(CCC(=O)Nc2sc3c(c2C#N)CCNC3)c1. The summed E-state index contributed by atoms with van der Waals surface area (Å²) in [6, 6.07) is 8.07. The molecular weight excluding hydrogens is 342 g/mol. The van der Waals surface area contributed by atoms with Crippen LogP contribution in [-0.4, -0.2) is 12.5 Å². The standard InChI is InChI=1S/C18H18ClN3OS/c1-11-2-4-15(19)12(8-11)3-5-17(23)22-18-14(9-20)13-6-7-21-10-16(13)24-18/h2,4,8,21H,3,5-7,10H2,1H3,(H,22,23). The fourth-order valence-electron chi connectivity index (χ4n) is 2.87. The van der Waals surface area contributed by atoms with Gasteiger partial charge in [-0.2, -0.15) is 5.26 Å². The molecule has 2 heterocycles. The second-order valence-electron chi connectivity index (χ2n) is 5.89. The zero-order chi connectivity index (χ0) is 17.1. The summed E-state index contributed by atoms with van der Waals surface area (Å²) in [7, 11) is 0. The molecule has 6 heteroatoms. The van der Waals surface area contributed by atoms with Crippen molar-refractivity contribution in [1.29, 1.82) is 5.26 Å². The van der Waals surface area contributed by atoms with Crippen LogP contribution in [0.25, 0.3) is 0 Å². The molecule has 1 aliphatic heterocycles. The van der Waals surface area contributed by atoms with E-state index >= 15 is 0 Å². The highest BCUT2D eigenvalue weighted by Crippen LogP contribution is 2.34. The number of anilines is 1. The first-order valence-electron chi connectivity index (χ1n) is 7.88. The summed E-state index contributed by atoms with van der Waals surface area (Å²) in [5.74, 6) is -0.0874. The van der Waals surface area contributed by atoms with Gasteiger partial charge in [-0.1, -0.05) is 29.3 Å². The van der Waals surface area contributed by atoms with Crippen molar-refractivity contribution in [1.82, 2.24) is 5.32 Å². The molecule has 1 amide bonds. The second kappa shape index (κ2) is 7.35. The lowest BCUT2D eigenvalue weighted by molar-refractivity contribution is -0.116. The number of nitrogens with zero attached hydrogens (tertiary/aromatic N) is 1. The van der Waals surface area contributed by atoms with Crippen molar-refractivity contribution in [3.8, 4) is 6.07 Å². The first kappa shape index (κ1) is 17.0. The number of carbonyl (C=O) groups is 1. The highest BCUT2D eigenvalue weighted by atomic mass is 35.5. The number of rotatable bonds is 4. The number of nitriles is 1. The van der Waals surface area contributed by atoms with E-state index in [9.17, 15) is 10.1 Å². The number of hydrogen-bond acceptors (Lipinski definition) is 4. The number of nitrogens with one attached hydrogen (secondary N) is 2. The van der Waals surface area contributed by atoms with Crippen LogP contribution in [0.4, 0.5) is 5.00 Å². The smallest absolute Gasteiger partial charge is 0.225 e. The molecule has 24 heavy (non-hydrogen) atoms. The van der Waals surface area contributed by atoms with Crippen LogP contribution in [0.3, 0.4) is 0 Å². The van der Waals surface area contributed by atoms with Crippen molar-refractivity contribution in [3.05, 3.63) is 50.4 Å². The van der Waals surface area contributed by atoms with Gasteiger partial charge in [0.05, 0.1) is 5.56 Å². The second-order valence-corrected chi connectivity index (χ2v) is 7.40. The van der Waals surface area contributed by atoms with Crippen LogP contribution in [0.1, 0.15) is 33.6 Å². The van der Waals surface area contributed by atoms with E-state index in [-0.39, 0.29) is 5.91 Å². The lowest BCUT2D eigenvalue weighted by Crippen LogP contribution is -2.22. The highest BCUT2D eigenvalue weighted by Gasteiger charge is 2.21. The first-order chi connectivity index (χ1) is 11.6. The summed E-state index contributed by atoms with van der Waals surface area (Å²) in [6.45, 7) is 3.64. The summed E-state index contributed by atoms with van der Waals surface area (Å²) in [5, 5.41) is 17.0. The topological polar surface area (TPSA) is 64.9 Å². The van der Waals surface area contributed by atoms with Crippen LogP contribution in [0, 0.1) is 18.3 Å². The molecule has 0 bridgehead atoms. The van der Waals surface area contributed by atoms with Crippen molar-refractivity contribution in [2.45, 2.75) is 32.7 Å².